The summed E-state index contributed by atoms with van der Waals surface area (Å²) in [6.45, 7) is 6.36. The Kier molecular flexibility index (Phi) is 5.05. The van der Waals surface area contributed by atoms with Gasteiger partial charge in [0.2, 0.25) is 0 Å². The Labute approximate surface area is 182 Å². The van der Waals surface area contributed by atoms with Crippen molar-refractivity contribution in [2.24, 2.45) is 7.05 Å². The van der Waals surface area contributed by atoms with Crippen LogP contribution >= 0.6 is 27.5 Å². The Balaban J connectivity index is 1.18. The van der Waals surface area contributed by atoms with E-state index in [9.17, 15) is 4.79 Å². The van der Waals surface area contributed by atoms with Crippen LogP contribution in [0.5, 0.6) is 0 Å². The molecule has 1 fully saturated rings. The third-order valence-electron chi connectivity index (χ3n) is 5.89. The highest BCUT2D eigenvalue weighted by atomic mass is 79.9. The van der Waals surface area contributed by atoms with E-state index in [0.29, 0.717) is 0 Å². The van der Waals surface area contributed by atoms with Gasteiger partial charge >= 0.3 is 0 Å². The fourth-order valence-corrected chi connectivity index (χ4v) is 5.48. The fraction of sp³-hybridized carbons (Fsp3) is 0.450. The van der Waals surface area contributed by atoms with Crippen molar-refractivity contribution in [3.63, 3.8) is 0 Å². The largest absolute Gasteiger partial charge is 0.353 e. The molecule has 0 aliphatic carbocycles. The number of aryl methyl sites for hydroxylation is 1. The van der Waals surface area contributed by atoms with Crippen LogP contribution in [0, 0.1) is 0 Å². The van der Waals surface area contributed by atoms with Gasteiger partial charge in [-0.3, -0.25) is 14.4 Å². The number of nitrogens with zero attached hydrogens (tertiary/aromatic N) is 6. The zero-order chi connectivity index (χ0) is 20.0. The number of piperazine rings is 1. The highest BCUT2D eigenvalue weighted by Crippen LogP contribution is 2.30. The summed E-state index contributed by atoms with van der Waals surface area (Å²) >= 11 is 5.08. The second-order valence-corrected chi connectivity index (χ2v) is 9.17. The SMILES string of the molecule is Cn1nc2c(c1Br)C(=O)N(CCN1CCN(c3nsc4ccccc34)CC1)CC2. The molecule has 0 spiro atoms. The molecule has 9 heteroatoms. The first kappa shape index (κ1) is 19.0. The van der Waals surface area contributed by atoms with E-state index < -0.39 is 0 Å². The maximum absolute atomic E-state index is 12.9. The lowest BCUT2D eigenvalue weighted by molar-refractivity contribution is 0.0715. The lowest BCUT2D eigenvalue weighted by atomic mass is 10.1. The standard InChI is InChI=1S/C20H23BrN6OS/c1-24-18(21)17-15(22-24)6-7-27(20(17)28)13-10-25-8-11-26(12-9-25)19-14-4-2-3-5-16(14)29-23-19/h2-5H,6-13H2,1H3. The lowest BCUT2D eigenvalue weighted by Crippen LogP contribution is -2.49. The second kappa shape index (κ2) is 7.70. The number of carbonyl (C=O) groups is 1. The summed E-state index contributed by atoms with van der Waals surface area (Å²) in [7, 11) is 1.87. The molecule has 0 atom stereocenters. The minimum Gasteiger partial charge on any atom is -0.353 e. The van der Waals surface area contributed by atoms with Crippen molar-refractivity contribution in [3.8, 4) is 0 Å². The number of rotatable bonds is 4. The van der Waals surface area contributed by atoms with Gasteiger partial charge in [-0.15, -0.1) is 0 Å². The molecule has 0 unspecified atom stereocenters. The number of aromatic nitrogens is 3. The number of fused-ring (bicyclic) bond motifs is 2. The third kappa shape index (κ3) is 3.45. The zero-order valence-electron chi connectivity index (χ0n) is 16.3. The van der Waals surface area contributed by atoms with Crippen LogP contribution in [-0.2, 0) is 13.5 Å². The van der Waals surface area contributed by atoms with Crippen LogP contribution in [0.2, 0.25) is 0 Å². The van der Waals surface area contributed by atoms with Gasteiger partial charge in [-0.2, -0.15) is 9.47 Å². The molecule has 29 heavy (non-hydrogen) atoms. The molecule has 2 aromatic heterocycles. The third-order valence-corrected chi connectivity index (χ3v) is 7.61. The van der Waals surface area contributed by atoms with Crippen molar-refractivity contribution in [1.29, 1.82) is 0 Å². The first-order valence-electron chi connectivity index (χ1n) is 9.94. The van der Waals surface area contributed by atoms with E-state index in [4.69, 9.17) is 0 Å². The molecular formula is C20H23BrN6OS. The molecule has 1 amide bonds. The number of hydrogen-bond donors (Lipinski definition) is 0. The van der Waals surface area contributed by atoms with Crippen molar-refractivity contribution in [3.05, 3.63) is 40.1 Å². The molecule has 2 aliphatic heterocycles. The van der Waals surface area contributed by atoms with Crippen molar-refractivity contribution < 1.29 is 4.79 Å². The molecular weight excluding hydrogens is 452 g/mol. The zero-order valence-corrected chi connectivity index (χ0v) is 18.7. The monoisotopic (exact) mass is 474 g/mol. The van der Waals surface area contributed by atoms with E-state index in [1.807, 2.05) is 11.9 Å². The van der Waals surface area contributed by atoms with Gasteiger partial charge in [-0.05, 0) is 39.6 Å². The summed E-state index contributed by atoms with van der Waals surface area (Å²) in [4.78, 5) is 19.7. The van der Waals surface area contributed by atoms with Gasteiger partial charge < -0.3 is 9.80 Å². The predicted octanol–water partition coefficient (Wildman–Crippen LogP) is 2.61. The van der Waals surface area contributed by atoms with Crippen LogP contribution in [0.4, 0.5) is 5.82 Å². The molecule has 152 valence electrons. The predicted molar refractivity (Wildman–Crippen MR) is 119 cm³/mol. The summed E-state index contributed by atoms with van der Waals surface area (Å²) in [5.74, 6) is 1.21. The Bertz CT molecular complexity index is 1050. The van der Waals surface area contributed by atoms with Gasteiger partial charge in [0.15, 0.2) is 0 Å². The van der Waals surface area contributed by atoms with Crippen LogP contribution in [0.1, 0.15) is 16.1 Å². The lowest BCUT2D eigenvalue weighted by Gasteiger charge is -2.36. The molecule has 4 heterocycles. The van der Waals surface area contributed by atoms with Crippen molar-refractivity contribution in [2.75, 3.05) is 50.7 Å². The summed E-state index contributed by atoms with van der Waals surface area (Å²) in [6.07, 6.45) is 0.825. The maximum Gasteiger partial charge on any atom is 0.258 e. The van der Waals surface area contributed by atoms with E-state index >= 15 is 0 Å². The highest BCUT2D eigenvalue weighted by molar-refractivity contribution is 9.10. The van der Waals surface area contributed by atoms with Gasteiger partial charge in [-0.25, -0.2) is 0 Å². The summed E-state index contributed by atoms with van der Waals surface area (Å²) in [6, 6.07) is 8.44. The van der Waals surface area contributed by atoms with Crippen LogP contribution in [0.25, 0.3) is 10.1 Å². The van der Waals surface area contributed by atoms with E-state index in [1.165, 1.54) is 10.1 Å². The fourth-order valence-electron chi connectivity index (χ4n) is 4.20. The molecule has 1 aromatic carbocycles. The van der Waals surface area contributed by atoms with E-state index in [-0.39, 0.29) is 5.91 Å². The Morgan fingerprint density at radius 2 is 1.90 bits per heavy atom. The van der Waals surface area contributed by atoms with Crippen molar-refractivity contribution >= 4 is 49.3 Å². The van der Waals surface area contributed by atoms with Crippen molar-refractivity contribution in [2.45, 2.75) is 6.42 Å². The summed E-state index contributed by atoms with van der Waals surface area (Å²) in [5, 5.41) is 5.69. The Hall–Kier alpha value is -1.97. The van der Waals surface area contributed by atoms with Crippen LogP contribution < -0.4 is 4.90 Å². The normalized spacial score (nSPS) is 17.9. The number of benzene rings is 1. The smallest absolute Gasteiger partial charge is 0.258 e. The Morgan fingerprint density at radius 3 is 2.72 bits per heavy atom. The quantitative estimate of drug-likeness (QED) is 0.581. The number of carbonyl (C=O) groups excluding carboxylic acids is 1. The summed E-state index contributed by atoms with van der Waals surface area (Å²) in [5.41, 5.74) is 1.64. The average molecular weight is 475 g/mol. The first-order chi connectivity index (χ1) is 14.1. The van der Waals surface area contributed by atoms with E-state index in [1.54, 1.807) is 16.2 Å². The molecule has 0 radical (unpaired) electrons. The molecule has 3 aromatic rings. The average Bonchev–Trinajstić information content (AvgIpc) is 3.29. The minimum absolute atomic E-state index is 0.0961. The summed E-state index contributed by atoms with van der Waals surface area (Å²) < 4.78 is 8.46. The topological polar surface area (TPSA) is 57.5 Å². The van der Waals surface area contributed by atoms with Crippen LogP contribution in [0.3, 0.4) is 0 Å². The van der Waals surface area contributed by atoms with E-state index in [2.05, 4.69) is 59.5 Å². The van der Waals surface area contributed by atoms with Crippen molar-refractivity contribution in [1.82, 2.24) is 24.0 Å². The van der Waals surface area contributed by atoms with E-state index in [0.717, 1.165) is 73.9 Å². The molecule has 0 saturated carbocycles. The Morgan fingerprint density at radius 1 is 1.10 bits per heavy atom. The van der Waals surface area contributed by atoms with Crippen LogP contribution in [0.15, 0.2) is 28.9 Å². The van der Waals surface area contributed by atoms with Gasteiger partial charge in [0, 0.05) is 64.7 Å². The molecule has 1 saturated heterocycles. The van der Waals surface area contributed by atoms with Gasteiger partial charge in [-0.1, -0.05) is 12.1 Å². The number of anilines is 1. The van der Waals surface area contributed by atoms with Gasteiger partial charge in [0.1, 0.15) is 10.4 Å². The maximum atomic E-state index is 12.9. The number of hydrogen-bond acceptors (Lipinski definition) is 6. The second-order valence-electron chi connectivity index (χ2n) is 7.61. The van der Waals surface area contributed by atoms with Gasteiger partial charge in [0.05, 0.1) is 16.0 Å². The first-order valence-corrected chi connectivity index (χ1v) is 11.5. The molecule has 5 rings (SSSR count). The van der Waals surface area contributed by atoms with Gasteiger partial charge in [0.25, 0.3) is 5.91 Å². The highest BCUT2D eigenvalue weighted by Gasteiger charge is 2.30. The minimum atomic E-state index is 0.0961. The number of amides is 1. The van der Waals surface area contributed by atoms with Crippen LogP contribution in [-0.4, -0.2) is 75.7 Å². The molecule has 0 N–H and O–H groups in total. The molecule has 7 nitrogen and oxygen atoms in total. The molecule has 0 bridgehead atoms. The number of halogens is 1. The molecule has 2 aliphatic rings.